The van der Waals surface area contributed by atoms with Gasteiger partial charge in [0.15, 0.2) is 0 Å². The van der Waals surface area contributed by atoms with E-state index in [0.717, 1.165) is 41.3 Å². The fraction of sp³-hybridized carbons (Fsp3) is 0.364. The molecule has 0 radical (unpaired) electrons. The maximum atomic E-state index is 13.2. The number of hydrogen-bond donors (Lipinski definition) is 1. The largest absolute Gasteiger partial charge is 0.271 e. The van der Waals surface area contributed by atoms with Crippen molar-refractivity contribution in [3.05, 3.63) is 60.2 Å². The molecule has 1 amide bonds. The van der Waals surface area contributed by atoms with Gasteiger partial charge in [-0.2, -0.15) is 5.10 Å². The highest BCUT2D eigenvalue weighted by Crippen LogP contribution is 2.24. The summed E-state index contributed by atoms with van der Waals surface area (Å²) in [6, 6.07) is 15.2. The summed E-state index contributed by atoms with van der Waals surface area (Å²) < 4.78 is 27.6. The Morgan fingerprint density at radius 1 is 0.966 bits per heavy atom. The van der Waals surface area contributed by atoms with E-state index >= 15 is 0 Å². The predicted octanol–water partition coefficient (Wildman–Crippen LogP) is 4.02. The second kappa shape index (κ2) is 9.69. The van der Waals surface area contributed by atoms with Crippen molar-refractivity contribution in [2.75, 3.05) is 10.8 Å². The van der Waals surface area contributed by atoms with Crippen LogP contribution in [-0.4, -0.2) is 26.6 Å². The average Bonchev–Trinajstić information content (AvgIpc) is 3.01. The highest BCUT2D eigenvalue weighted by molar-refractivity contribution is 7.92. The molecule has 0 bridgehead atoms. The number of hydrazone groups is 1. The third-order valence-electron chi connectivity index (χ3n) is 4.96. The molecule has 1 aliphatic carbocycles. The number of rotatable bonds is 6. The molecule has 0 spiro atoms. The molecule has 6 nitrogen and oxygen atoms in total. The number of hydrogen-bond acceptors (Lipinski definition) is 4. The van der Waals surface area contributed by atoms with Crippen LogP contribution in [0.5, 0.6) is 0 Å². The summed E-state index contributed by atoms with van der Waals surface area (Å²) in [5, 5.41) is 4.25. The first kappa shape index (κ1) is 21.0. The molecule has 0 unspecified atom stereocenters. The molecule has 154 valence electrons. The summed E-state index contributed by atoms with van der Waals surface area (Å²) in [6.45, 7) is 1.59. The van der Waals surface area contributed by atoms with E-state index in [0.29, 0.717) is 5.69 Å². The zero-order valence-electron chi connectivity index (χ0n) is 16.7. The summed E-state index contributed by atoms with van der Waals surface area (Å²) in [5.41, 5.74) is 4.98. The van der Waals surface area contributed by atoms with E-state index in [-0.39, 0.29) is 11.4 Å². The van der Waals surface area contributed by atoms with E-state index < -0.39 is 15.9 Å². The van der Waals surface area contributed by atoms with E-state index in [1.165, 1.54) is 25.0 Å². The third-order valence-corrected chi connectivity index (χ3v) is 6.75. The monoisotopic (exact) mass is 413 g/mol. The quantitative estimate of drug-likeness (QED) is 0.574. The topological polar surface area (TPSA) is 78.8 Å². The second-order valence-corrected chi connectivity index (χ2v) is 9.15. The number of sulfonamides is 1. The molecule has 1 aliphatic rings. The predicted molar refractivity (Wildman–Crippen MR) is 115 cm³/mol. The summed E-state index contributed by atoms with van der Waals surface area (Å²) in [6.07, 6.45) is 6.28. The molecular formula is C22H27N3O3S. The van der Waals surface area contributed by atoms with Gasteiger partial charge in [0.25, 0.3) is 15.9 Å². The highest BCUT2D eigenvalue weighted by atomic mass is 32.2. The van der Waals surface area contributed by atoms with Crippen LogP contribution >= 0.6 is 0 Å². The molecule has 0 atom stereocenters. The van der Waals surface area contributed by atoms with Crippen LogP contribution in [0.15, 0.2) is 64.6 Å². The van der Waals surface area contributed by atoms with E-state index in [9.17, 15) is 13.2 Å². The van der Waals surface area contributed by atoms with Crippen LogP contribution in [0, 0.1) is 6.92 Å². The van der Waals surface area contributed by atoms with Crippen molar-refractivity contribution in [3.8, 4) is 0 Å². The normalized spacial score (nSPS) is 14.7. The van der Waals surface area contributed by atoms with Gasteiger partial charge in [0.2, 0.25) is 0 Å². The molecule has 7 heteroatoms. The van der Waals surface area contributed by atoms with Gasteiger partial charge >= 0.3 is 0 Å². The number of amides is 1. The molecule has 1 fully saturated rings. The van der Waals surface area contributed by atoms with Gasteiger partial charge in [-0.15, -0.1) is 0 Å². The molecule has 2 aromatic carbocycles. The van der Waals surface area contributed by atoms with Crippen LogP contribution in [0.3, 0.4) is 0 Å². The lowest BCUT2D eigenvalue weighted by molar-refractivity contribution is -0.119. The zero-order valence-corrected chi connectivity index (χ0v) is 17.5. The number of benzene rings is 2. The summed E-state index contributed by atoms with van der Waals surface area (Å²) in [7, 11) is -3.89. The van der Waals surface area contributed by atoms with Crippen molar-refractivity contribution in [2.45, 2.75) is 50.3 Å². The number of nitrogens with zero attached hydrogens (tertiary/aromatic N) is 2. The van der Waals surface area contributed by atoms with Gasteiger partial charge in [-0.3, -0.25) is 9.10 Å². The van der Waals surface area contributed by atoms with Gasteiger partial charge < -0.3 is 0 Å². The van der Waals surface area contributed by atoms with Gasteiger partial charge in [-0.05, 0) is 56.9 Å². The van der Waals surface area contributed by atoms with E-state index in [1.54, 1.807) is 30.3 Å². The van der Waals surface area contributed by atoms with Crippen molar-refractivity contribution >= 4 is 27.3 Å². The fourth-order valence-corrected chi connectivity index (χ4v) is 4.74. The van der Waals surface area contributed by atoms with Crippen LogP contribution in [0.1, 0.15) is 44.1 Å². The molecule has 0 aromatic heterocycles. The smallest absolute Gasteiger partial charge is 0.264 e. The van der Waals surface area contributed by atoms with E-state index in [2.05, 4.69) is 10.5 Å². The first-order valence-corrected chi connectivity index (χ1v) is 11.4. The first-order valence-electron chi connectivity index (χ1n) is 9.95. The SMILES string of the molecule is Cc1ccc(N(CC(=O)NN=C2CCCCCC2)S(=O)(=O)c2ccccc2)cc1. The van der Waals surface area contributed by atoms with Crippen LogP contribution in [0.25, 0.3) is 0 Å². The summed E-state index contributed by atoms with van der Waals surface area (Å²) in [5.74, 6) is -0.457. The Morgan fingerprint density at radius 2 is 1.59 bits per heavy atom. The molecule has 2 aromatic rings. The number of aryl methyl sites for hydroxylation is 1. The Hall–Kier alpha value is -2.67. The van der Waals surface area contributed by atoms with Gasteiger partial charge in [0.1, 0.15) is 6.54 Å². The fourth-order valence-electron chi connectivity index (χ4n) is 3.30. The lowest BCUT2D eigenvalue weighted by Crippen LogP contribution is -2.39. The van der Waals surface area contributed by atoms with Gasteiger partial charge in [-0.1, -0.05) is 48.7 Å². The van der Waals surface area contributed by atoms with Crippen LogP contribution in [-0.2, 0) is 14.8 Å². The lowest BCUT2D eigenvalue weighted by Gasteiger charge is -2.24. The molecule has 29 heavy (non-hydrogen) atoms. The zero-order chi connectivity index (χ0) is 20.7. The van der Waals surface area contributed by atoms with E-state index in [1.807, 2.05) is 19.1 Å². The Balaban J connectivity index is 1.82. The molecule has 0 saturated heterocycles. The molecule has 0 aliphatic heterocycles. The van der Waals surface area contributed by atoms with Crippen LogP contribution in [0.4, 0.5) is 5.69 Å². The first-order chi connectivity index (χ1) is 14.0. The third kappa shape index (κ3) is 5.67. The lowest BCUT2D eigenvalue weighted by atomic mass is 10.2. The number of anilines is 1. The van der Waals surface area contributed by atoms with Crippen LogP contribution in [0.2, 0.25) is 0 Å². The van der Waals surface area contributed by atoms with Crippen molar-refractivity contribution in [3.63, 3.8) is 0 Å². The Morgan fingerprint density at radius 3 is 2.21 bits per heavy atom. The van der Waals surface area contributed by atoms with Gasteiger partial charge in [0, 0.05) is 5.71 Å². The average molecular weight is 414 g/mol. The standard InChI is InChI=1S/C22H27N3O3S/c1-18-13-15-20(16-14-18)25(29(27,28)21-11-7-4-8-12-21)17-22(26)24-23-19-9-5-2-3-6-10-19/h4,7-8,11-16H,2-3,5-6,9-10,17H2,1H3,(H,24,26). The van der Waals surface area contributed by atoms with Crippen molar-refractivity contribution < 1.29 is 13.2 Å². The number of nitrogens with one attached hydrogen (secondary N) is 1. The minimum absolute atomic E-state index is 0.142. The summed E-state index contributed by atoms with van der Waals surface area (Å²) in [4.78, 5) is 12.7. The maximum Gasteiger partial charge on any atom is 0.264 e. The number of carbonyl (C=O) groups excluding carboxylic acids is 1. The molecular weight excluding hydrogens is 386 g/mol. The Bertz CT molecular complexity index is 945. The maximum absolute atomic E-state index is 13.2. The van der Waals surface area contributed by atoms with E-state index in [4.69, 9.17) is 0 Å². The van der Waals surface area contributed by atoms with Crippen molar-refractivity contribution in [1.29, 1.82) is 0 Å². The van der Waals surface area contributed by atoms with Gasteiger partial charge in [-0.25, -0.2) is 13.8 Å². The highest BCUT2D eigenvalue weighted by Gasteiger charge is 2.27. The van der Waals surface area contributed by atoms with Crippen molar-refractivity contribution in [1.82, 2.24) is 5.43 Å². The number of carbonyl (C=O) groups is 1. The van der Waals surface area contributed by atoms with Crippen LogP contribution < -0.4 is 9.73 Å². The molecule has 1 saturated carbocycles. The minimum Gasteiger partial charge on any atom is -0.271 e. The Kier molecular flexibility index (Phi) is 7.04. The molecule has 1 N–H and O–H groups in total. The minimum atomic E-state index is -3.89. The Labute approximate surface area is 172 Å². The molecule has 3 rings (SSSR count). The summed E-state index contributed by atoms with van der Waals surface area (Å²) >= 11 is 0. The van der Waals surface area contributed by atoms with Gasteiger partial charge in [0.05, 0.1) is 10.6 Å². The molecule has 0 heterocycles. The second-order valence-electron chi connectivity index (χ2n) is 7.29. The van der Waals surface area contributed by atoms with Crippen molar-refractivity contribution in [2.24, 2.45) is 5.10 Å².